The summed E-state index contributed by atoms with van der Waals surface area (Å²) in [5.74, 6) is 0.427. The van der Waals surface area contributed by atoms with E-state index in [1.165, 1.54) is 43.4 Å². The standard InChI is InChI=1S/C19H21F2P/c1-12-2-4-13(5-3-12)14-6-8-15(9-7-14)16-10-17(20)19(22)18(21)11-16/h6-13H,2-5,22H2,1H3. The summed E-state index contributed by atoms with van der Waals surface area (Å²) >= 11 is 0. The molecule has 1 atom stereocenters. The Bertz CT molecular complexity index is 633. The molecule has 1 fully saturated rings. The summed E-state index contributed by atoms with van der Waals surface area (Å²) in [5, 5.41) is -0.00306. The third kappa shape index (κ3) is 3.22. The fraction of sp³-hybridized carbons (Fsp3) is 0.368. The van der Waals surface area contributed by atoms with Crippen LogP contribution in [0.5, 0.6) is 0 Å². The molecule has 1 aliphatic rings. The lowest BCUT2D eigenvalue weighted by molar-refractivity contribution is 0.348. The molecular weight excluding hydrogens is 297 g/mol. The third-order valence-corrected chi connectivity index (χ3v) is 5.36. The van der Waals surface area contributed by atoms with Gasteiger partial charge in [-0.3, -0.25) is 0 Å². The van der Waals surface area contributed by atoms with E-state index in [0.717, 1.165) is 11.5 Å². The maximum atomic E-state index is 13.7. The zero-order valence-electron chi connectivity index (χ0n) is 12.8. The molecule has 2 aromatic carbocycles. The van der Waals surface area contributed by atoms with Crippen LogP contribution in [0.15, 0.2) is 36.4 Å². The van der Waals surface area contributed by atoms with Gasteiger partial charge in [-0.15, -0.1) is 0 Å². The van der Waals surface area contributed by atoms with Crippen LogP contribution in [0.4, 0.5) is 8.78 Å². The first-order valence-corrected chi connectivity index (χ1v) is 8.47. The van der Waals surface area contributed by atoms with Crippen LogP contribution in [0, 0.1) is 17.6 Å². The van der Waals surface area contributed by atoms with Gasteiger partial charge in [0, 0.05) is 5.30 Å². The molecule has 0 heterocycles. The molecule has 0 bridgehead atoms. The highest BCUT2D eigenvalue weighted by Crippen LogP contribution is 2.36. The smallest absolute Gasteiger partial charge is 0.133 e. The number of halogens is 2. The topological polar surface area (TPSA) is 0 Å². The van der Waals surface area contributed by atoms with Crippen LogP contribution < -0.4 is 5.30 Å². The molecular formula is C19H21F2P. The first kappa shape index (κ1) is 15.6. The Hall–Kier alpha value is -1.27. The quantitative estimate of drug-likeness (QED) is 0.648. The highest BCUT2D eigenvalue weighted by atomic mass is 31.0. The second kappa shape index (κ2) is 6.46. The molecule has 0 radical (unpaired) electrons. The minimum absolute atomic E-state index is 0.00306. The van der Waals surface area contributed by atoms with Crippen molar-refractivity contribution < 1.29 is 8.78 Å². The van der Waals surface area contributed by atoms with E-state index in [4.69, 9.17) is 0 Å². The van der Waals surface area contributed by atoms with Crippen LogP contribution in [0.25, 0.3) is 11.1 Å². The molecule has 116 valence electrons. The van der Waals surface area contributed by atoms with Gasteiger partial charge in [0.05, 0.1) is 0 Å². The average molecular weight is 318 g/mol. The Balaban J connectivity index is 1.82. The Labute approximate surface area is 133 Å². The molecule has 0 aromatic heterocycles. The second-order valence-electron chi connectivity index (χ2n) is 6.43. The van der Waals surface area contributed by atoms with E-state index in [1.54, 1.807) is 0 Å². The van der Waals surface area contributed by atoms with Gasteiger partial charge >= 0.3 is 0 Å². The Morgan fingerprint density at radius 1 is 0.864 bits per heavy atom. The first-order chi connectivity index (χ1) is 10.5. The Kier molecular flexibility index (Phi) is 4.59. The molecule has 0 amide bonds. The van der Waals surface area contributed by atoms with Crippen molar-refractivity contribution >= 4 is 14.5 Å². The molecule has 3 rings (SSSR count). The van der Waals surface area contributed by atoms with E-state index in [1.807, 2.05) is 12.1 Å². The van der Waals surface area contributed by atoms with E-state index in [0.29, 0.717) is 11.5 Å². The highest BCUT2D eigenvalue weighted by Gasteiger charge is 2.19. The van der Waals surface area contributed by atoms with Gasteiger partial charge in [-0.1, -0.05) is 53.3 Å². The van der Waals surface area contributed by atoms with Gasteiger partial charge in [0.25, 0.3) is 0 Å². The lowest BCUT2D eigenvalue weighted by atomic mass is 9.79. The maximum absolute atomic E-state index is 13.7. The van der Waals surface area contributed by atoms with E-state index in [9.17, 15) is 8.78 Å². The van der Waals surface area contributed by atoms with Crippen LogP contribution >= 0.6 is 9.24 Å². The molecule has 1 aliphatic carbocycles. The molecule has 0 nitrogen and oxygen atoms in total. The van der Waals surface area contributed by atoms with Crippen molar-refractivity contribution in [2.75, 3.05) is 0 Å². The van der Waals surface area contributed by atoms with Gasteiger partial charge in [0.15, 0.2) is 0 Å². The Morgan fingerprint density at radius 2 is 1.41 bits per heavy atom. The number of hydrogen-bond acceptors (Lipinski definition) is 0. The van der Waals surface area contributed by atoms with E-state index in [2.05, 4.69) is 28.3 Å². The van der Waals surface area contributed by atoms with Gasteiger partial charge in [0.2, 0.25) is 0 Å². The van der Waals surface area contributed by atoms with Crippen LogP contribution in [0.1, 0.15) is 44.1 Å². The van der Waals surface area contributed by atoms with E-state index in [-0.39, 0.29) is 5.30 Å². The van der Waals surface area contributed by atoms with Crippen molar-refractivity contribution in [3.63, 3.8) is 0 Å². The maximum Gasteiger partial charge on any atom is 0.133 e. The zero-order valence-corrected chi connectivity index (χ0v) is 13.9. The summed E-state index contributed by atoms with van der Waals surface area (Å²) in [7, 11) is 2.10. The summed E-state index contributed by atoms with van der Waals surface area (Å²) in [6.45, 7) is 2.32. The normalized spacial score (nSPS) is 21.8. The lowest BCUT2D eigenvalue weighted by Gasteiger charge is -2.26. The van der Waals surface area contributed by atoms with Gasteiger partial charge in [-0.2, -0.15) is 0 Å². The molecule has 0 spiro atoms. The first-order valence-electron chi connectivity index (χ1n) is 7.89. The summed E-state index contributed by atoms with van der Waals surface area (Å²) in [6.07, 6.45) is 5.06. The van der Waals surface area contributed by atoms with Crippen molar-refractivity contribution in [3.05, 3.63) is 53.6 Å². The summed E-state index contributed by atoms with van der Waals surface area (Å²) in [6, 6.07) is 11.0. The highest BCUT2D eigenvalue weighted by molar-refractivity contribution is 7.27. The number of benzene rings is 2. The van der Waals surface area contributed by atoms with Crippen LogP contribution in [-0.2, 0) is 0 Å². The van der Waals surface area contributed by atoms with E-state index >= 15 is 0 Å². The molecule has 22 heavy (non-hydrogen) atoms. The van der Waals surface area contributed by atoms with Crippen LogP contribution in [0.3, 0.4) is 0 Å². The van der Waals surface area contributed by atoms with Crippen molar-refractivity contribution in [2.45, 2.75) is 38.5 Å². The van der Waals surface area contributed by atoms with Gasteiger partial charge < -0.3 is 0 Å². The zero-order chi connectivity index (χ0) is 15.7. The summed E-state index contributed by atoms with van der Waals surface area (Å²) in [5.41, 5.74) is 2.79. The summed E-state index contributed by atoms with van der Waals surface area (Å²) in [4.78, 5) is 0. The second-order valence-corrected chi connectivity index (χ2v) is 7.01. The molecule has 2 aromatic rings. The van der Waals surface area contributed by atoms with Crippen molar-refractivity contribution in [1.29, 1.82) is 0 Å². The van der Waals surface area contributed by atoms with Gasteiger partial charge in [-0.25, -0.2) is 8.78 Å². The van der Waals surface area contributed by atoms with Crippen LogP contribution in [0.2, 0.25) is 0 Å². The van der Waals surface area contributed by atoms with Gasteiger partial charge in [-0.05, 0) is 53.5 Å². The predicted molar refractivity (Wildman–Crippen MR) is 91.5 cm³/mol. The van der Waals surface area contributed by atoms with Crippen molar-refractivity contribution in [2.24, 2.45) is 5.92 Å². The van der Waals surface area contributed by atoms with Crippen molar-refractivity contribution in [3.8, 4) is 11.1 Å². The monoisotopic (exact) mass is 318 g/mol. The summed E-state index contributed by atoms with van der Waals surface area (Å²) < 4.78 is 27.3. The molecule has 3 heteroatoms. The molecule has 1 unspecified atom stereocenters. The van der Waals surface area contributed by atoms with Crippen molar-refractivity contribution in [1.82, 2.24) is 0 Å². The molecule has 1 saturated carbocycles. The SMILES string of the molecule is CC1CCC(c2ccc(-c3cc(F)c(P)c(F)c3)cc2)CC1. The fourth-order valence-electron chi connectivity index (χ4n) is 3.29. The minimum Gasteiger partial charge on any atom is -0.206 e. The molecule has 0 saturated heterocycles. The third-order valence-electron chi connectivity index (χ3n) is 4.81. The van der Waals surface area contributed by atoms with Crippen LogP contribution in [-0.4, -0.2) is 0 Å². The van der Waals surface area contributed by atoms with Gasteiger partial charge in [0.1, 0.15) is 11.6 Å². The minimum atomic E-state index is -0.523. The largest absolute Gasteiger partial charge is 0.206 e. The Morgan fingerprint density at radius 3 is 1.95 bits per heavy atom. The predicted octanol–water partition coefficient (Wildman–Crippen LogP) is 5.43. The molecule has 0 aliphatic heterocycles. The number of hydrogen-bond donors (Lipinski definition) is 0. The number of rotatable bonds is 2. The average Bonchev–Trinajstić information content (AvgIpc) is 2.53. The van der Waals surface area contributed by atoms with E-state index < -0.39 is 11.6 Å². The molecule has 0 N–H and O–H groups in total. The fourth-order valence-corrected chi connectivity index (χ4v) is 3.46. The lowest BCUT2D eigenvalue weighted by Crippen LogP contribution is -2.10.